The molecule has 2 heterocycles. The summed E-state index contributed by atoms with van der Waals surface area (Å²) in [4.78, 5) is 0.453. The molecule has 1 unspecified atom stereocenters. The van der Waals surface area contributed by atoms with E-state index in [1.807, 2.05) is 12.1 Å². The topological polar surface area (TPSA) is 56.0 Å². The third-order valence-corrected chi connectivity index (χ3v) is 2.98. The average Bonchev–Trinajstić information content (AvgIpc) is 2.63. The van der Waals surface area contributed by atoms with Gasteiger partial charge in [-0.1, -0.05) is 29.8 Å². The first kappa shape index (κ1) is 11.4. The van der Waals surface area contributed by atoms with Gasteiger partial charge >= 0.3 is 0 Å². The van der Waals surface area contributed by atoms with Crippen molar-refractivity contribution in [3.63, 3.8) is 0 Å². The van der Waals surface area contributed by atoms with E-state index in [0.29, 0.717) is 16.4 Å². The van der Waals surface area contributed by atoms with Crippen LogP contribution in [0.15, 0.2) is 12.1 Å². The first-order valence-electron chi connectivity index (χ1n) is 5.33. The fourth-order valence-electron chi connectivity index (χ4n) is 1.62. The maximum absolute atomic E-state index is 4.33. The minimum atomic E-state index is 0.453. The molecule has 0 aliphatic rings. The molecule has 0 spiro atoms. The Balaban J connectivity index is 2.08. The second kappa shape index (κ2) is 4.86. The van der Waals surface area contributed by atoms with Crippen LogP contribution in [0.3, 0.4) is 0 Å². The van der Waals surface area contributed by atoms with Crippen LogP contribution in [0.4, 0.5) is 0 Å². The number of fused-ring (bicyclic) bond motifs is 1. The van der Waals surface area contributed by atoms with Gasteiger partial charge in [-0.15, -0.1) is 9.73 Å². The Morgan fingerprint density at radius 2 is 2.19 bits per heavy atom. The summed E-state index contributed by atoms with van der Waals surface area (Å²) in [7, 11) is 0. The van der Waals surface area contributed by atoms with Gasteiger partial charge < -0.3 is 0 Å². The van der Waals surface area contributed by atoms with Crippen molar-refractivity contribution in [2.45, 2.75) is 31.5 Å². The van der Waals surface area contributed by atoms with Crippen LogP contribution in [-0.2, 0) is 6.42 Å². The second-order valence-corrected chi connectivity index (χ2v) is 5.58. The summed E-state index contributed by atoms with van der Waals surface area (Å²) in [5, 5.41) is 15.5. The van der Waals surface area contributed by atoms with Gasteiger partial charge in [-0.25, -0.2) is 0 Å². The molecule has 0 amide bonds. The Bertz CT molecular complexity index is 467. The first-order chi connectivity index (χ1) is 7.65. The first-order valence-corrected chi connectivity index (χ1v) is 6.25. The number of tetrazole rings is 1. The molecule has 0 saturated heterocycles. The number of hydrogen-bond donors (Lipinski definition) is 0. The number of halogens is 1. The molecule has 0 aliphatic carbocycles. The SMILES string of the molecule is CC(C)CC(Br)Cc1ccc2nnnn2n1. The highest BCUT2D eigenvalue weighted by Gasteiger charge is 2.10. The van der Waals surface area contributed by atoms with E-state index < -0.39 is 0 Å². The highest BCUT2D eigenvalue weighted by Crippen LogP contribution is 2.16. The van der Waals surface area contributed by atoms with E-state index in [1.54, 1.807) is 0 Å². The Morgan fingerprint density at radius 1 is 1.38 bits per heavy atom. The van der Waals surface area contributed by atoms with Crippen molar-refractivity contribution in [3.8, 4) is 0 Å². The number of alkyl halides is 1. The molecule has 0 aromatic carbocycles. The van der Waals surface area contributed by atoms with Crippen LogP contribution in [-0.4, -0.2) is 30.1 Å². The summed E-state index contributed by atoms with van der Waals surface area (Å²) in [6.45, 7) is 4.43. The van der Waals surface area contributed by atoms with E-state index >= 15 is 0 Å². The molecule has 86 valence electrons. The smallest absolute Gasteiger partial charge is 0.152 e. The largest absolute Gasteiger partial charge is 0.199 e. The molecule has 0 saturated carbocycles. The average molecular weight is 284 g/mol. The quantitative estimate of drug-likeness (QED) is 0.804. The number of nitrogens with zero attached hydrogens (tertiary/aromatic N) is 5. The Kier molecular flexibility index (Phi) is 3.48. The number of aromatic nitrogens is 5. The van der Waals surface area contributed by atoms with Gasteiger partial charge in [-0.2, -0.15) is 5.10 Å². The predicted molar refractivity (Wildman–Crippen MR) is 64.5 cm³/mol. The van der Waals surface area contributed by atoms with Gasteiger partial charge in [0.05, 0.1) is 5.69 Å². The van der Waals surface area contributed by atoms with Crippen LogP contribution >= 0.6 is 15.9 Å². The molecule has 0 bridgehead atoms. The summed E-state index contributed by atoms with van der Waals surface area (Å²) < 4.78 is 1.46. The van der Waals surface area contributed by atoms with E-state index in [9.17, 15) is 0 Å². The van der Waals surface area contributed by atoms with Crippen molar-refractivity contribution >= 4 is 21.6 Å². The molecule has 5 nitrogen and oxygen atoms in total. The van der Waals surface area contributed by atoms with Gasteiger partial charge in [0.15, 0.2) is 5.65 Å². The maximum Gasteiger partial charge on any atom is 0.199 e. The minimum absolute atomic E-state index is 0.453. The van der Waals surface area contributed by atoms with Crippen molar-refractivity contribution in [3.05, 3.63) is 17.8 Å². The number of rotatable bonds is 4. The lowest BCUT2D eigenvalue weighted by molar-refractivity contribution is 0.564. The van der Waals surface area contributed by atoms with Gasteiger partial charge in [-0.05, 0) is 34.9 Å². The van der Waals surface area contributed by atoms with Gasteiger partial charge in [0.2, 0.25) is 0 Å². The second-order valence-electron chi connectivity index (χ2n) is 4.28. The standard InChI is InChI=1S/C10H14BrN5/c1-7(2)5-8(11)6-9-3-4-10-12-14-15-16(10)13-9/h3-4,7-8H,5-6H2,1-2H3. The number of hydrogen-bond acceptors (Lipinski definition) is 4. The van der Waals surface area contributed by atoms with Crippen molar-refractivity contribution in [2.24, 2.45) is 5.92 Å². The summed E-state index contributed by atoms with van der Waals surface area (Å²) in [5.41, 5.74) is 1.68. The zero-order chi connectivity index (χ0) is 11.5. The lowest BCUT2D eigenvalue weighted by Gasteiger charge is -2.11. The molecule has 0 N–H and O–H groups in total. The lowest BCUT2D eigenvalue weighted by atomic mass is 10.1. The molecule has 0 radical (unpaired) electrons. The third-order valence-electron chi connectivity index (χ3n) is 2.28. The van der Waals surface area contributed by atoms with Crippen LogP contribution in [0.5, 0.6) is 0 Å². The summed E-state index contributed by atoms with van der Waals surface area (Å²) in [6, 6.07) is 3.86. The lowest BCUT2D eigenvalue weighted by Crippen LogP contribution is -2.09. The third kappa shape index (κ3) is 2.75. The molecule has 2 aromatic rings. The van der Waals surface area contributed by atoms with Crippen LogP contribution in [0.25, 0.3) is 5.65 Å². The summed E-state index contributed by atoms with van der Waals surface area (Å²) in [5.74, 6) is 0.682. The van der Waals surface area contributed by atoms with Gasteiger partial charge in [0, 0.05) is 11.2 Å². The van der Waals surface area contributed by atoms with Crippen molar-refractivity contribution in [1.29, 1.82) is 0 Å². The highest BCUT2D eigenvalue weighted by molar-refractivity contribution is 9.09. The maximum atomic E-state index is 4.33. The Morgan fingerprint density at radius 3 is 2.94 bits per heavy atom. The molecular weight excluding hydrogens is 270 g/mol. The van der Waals surface area contributed by atoms with Crippen LogP contribution < -0.4 is 0 Å². The fraction of sp³-hybridized carbons (Fsp3) is 0.600. The van der Waals surface area contributed by atoms with E-state index in [0.717, 1.165) is 18.5 Å². The summed E-state index contributed by atoms with van der Waals surface area (Å²) in [6.07, 6.45) is 2.03. The molecule has 16 heavy (non-hydrogen) atoms. The molecule has 2 rings (SSSR count). The van der Waals surface area contributed by atoms with E-state index in [2.05, 4.69) is 50.4 Å². The predicted octanol–water partition coefficient (Wildman–Crippen LogP) is 1.87. The zero-order valence-electron chi connectivity index (χ0n) is 9.34. The van der Waals surface area contributed by atoms with Crippen molar-refractivity contribution in [2.75, 3.05) is 0 Å². The monoisotopic (exact) mass is 283 g/mol. The molecule has 6 heteroatoms. The van der Waals surface area contributed by atoms with Gasteiger partial charge in [0.25, 0.3) is 0 Å². The molecule has 0 fully saturated rings. The van der Waals surface area contributed by atoms with E-state index in [1.165, 1.54) is 4.63 Å². The normalized spacial score (nSPS) is 13.5. The fourth-order valence-corrected chi connectivity index (χ4v) is 2.70. The highest BCUT2D eigenvalue weighted by atomic mass is 79.9. The minimum Gasteiger partial charge on any atom is -0.152 e. The zero-order valence-corrected chi connectivity index (χ0v) is 10.9. The molecule has 0 aliphatic heterocycles. The van der Waals surface area contributed by atoms with Crippen LogP contribution in [0.1, 0.15) is 26.0 Å². The van der Waals surface area contributed by atoms with Gasteiger partial charge in [0.1, 0.15) is 0 Å². The molecular formula is C10H14BrN5. The van der Waals surface area contributed by atoms with E-state index in [-0.39, 0.29) is 0 Å². The Hall–Kier alpha value is -1.04. The van der Waals surface area contributed by atoms with E-state index in [4.69, 9.17) is 0 Å². The Labute approximate surface area is 102 Å². The summed E-state index contributed by atoms with van der Waals surface area (Å²) >= 11 is 3.67. The van der Waals surface area contributed by atoms with Crippen molar-refractivity contribution in [1.82, 2.24) is 25.3 Å². The van der Waals surface area contributed by atoms with Crippen molar-refractivity contribution < 1.29 is 0 Å². The van der Waals surface area contributed by atoms with Crippen LogP contribution in [0, 0.1) is 5.92 Å². The molecule has 2 aromatic heterocycles. The van der Waals surface area contributed by atoms with Crippen LogP contribution in [0.2, 0.25) is 0 Å². The molecule has 1 atom stereocenters. The van der Waals surface area contributed by atoms with Gasteiger partial charge in [-0.3, -0.25) is 0 Å².